The minimum absolute atomic E-state index is 0.145. The quantitative estimate of drug-likeness (QED) is 0.336. The fourth-order valence-corrected chi connectivity index (χ4v) is 1.51. The van der Waals surface area contributed by atoms with E-state index in [1.165, 1.54) is 0 Å². The highest BCUT2D eigenvalue weighted by molar-refractivity contribution is 5.73. The second-order valence-corrected chi connectivity index (χ2v) is 4.40. The summed E-state index contributed by atoms with van der Waals surface area (Å²) in [6, 6.07) is -1.16. The molecule has 8 nitrogen and oxygen atoms in total. The van der Waals surface area contributed by atoms with Crippen molar-refractivity contribution >= 4 is 11.9 Å². The molecule has 0 aromatic carbocycles. The highest BCUT2D eigenvalue weighted by Crippen LogP contribution is 2.03. The minimum Gasteiger partial charge on any atom is -0.480 e. The van der Waals surface area contributed by atoms with Crippen LogP contribution >= 0.6 is 0 Å². The molecule has 8 heteroatoms. The molecule has 1 fully saturated rings. The smallest absolute Gasteiger partial charge is 0.320 e. The van der Waals surface area contributed by atoms with E-state index in [2.05, 4.69) is 5.32 Å². The highest BCUT2D eigenvalue weighted by atomic mass is 16.4. The van der Waals surface area contributed by atoms with E-state index >= 15 is 0 Å². The van der Waals surface area contributed by atoms with E-state index in [0.717, 1.165) is 19.4 Å². The van der Waals surface area contributed by atoms with E-state index < -0.39 is 24.1 Å². The Kier molecular flexibility index (Phi) is 9.06. The van der Waals surface area contributed by atoms with Crippen molar-refractivity contribution in [2.75, 3.05) is 13.1 Å². The van der Waals surface area contributed by atoms with Crippen LogP contribution in [0.15, 0.2) is 0 Å². The molecule has 3 atom stereocenters. The molecular weight excluding hydrogens is 254 g/mol. The zero-order valence-electron chi connectivity index (χ0n) is 10.8. The van der Waals surface area contributed by atoms with Gasteiger partial charge in [-0.1, -0.05) is 0 Å². The second-order valence-electron chi connectivity index (χ2n) is 4.40. The van der Waals surface area contributed by atoms with Gasteiger partial charge in [-0.3, -0.25) is 9.59 Å². The van der Waals surface area contributed by atoms with Crippen LogP contribution in [0.4, 0.5) is 0 Å². The van der Waals surface area contributed by atoms with Crippen LogP contribution in [0, 0.1) is 0 Å². The maximum absolute atomic E-state index is 10.2. The molecule has 8 N–H and O–H groups in total. The first-order valence-corrected chi connectivity index (χ1v) is 6.21. The number of rotatable bonds is 6. The second kappa shape index (κ2) is 9.68. The van der Waals surface area contributed by atoms with Crippen LogP contribution in [0.25, 0.3) is 0 Å². The van der Waals surface area contributed by atoms with Crippen molar-refractivity contribution in [1.29, 1.82) is 0 Å². The molecule has 112 valence electrons. The number of hydrogen-bond donors (Lipinski definition) is 6. The number of aliphatic hydroxyl groups excluding tert-OH is 1. The Bertz CT molecular complexity index is 282. The summed E-state index contributed by atoms with van der Waals surface area (Å²) >= 11 is 0. The number of hydrogen-bond acceptors (Lipinski definition) is 6. The zero-order valence-corrected chi connectivity index (χ0v) is 10.8. The highest BCUT2D eigenvalue weighted by Gasteiger charge is 2.20. The molecule has 0 bridgehead atoms. The number of nitrogens with two attached hydrogens (primary N) is 2. The van der Waals surface area contributed by atoms with Crippen molar-refractivity contribution in [2.45, 2.75) is 43.9 Å². The van der Waals surface area contributed by atoms with Crippen LogP contribution in [-0.4, -0.2) is 58.5 Å². The lowest BCUT2D eigenvalue weighted by Crippen LogP contribution is -2.32. The van der Waals surface area contributed by atoms with Gasteiger partial charge in [0.25, 0.3) is 0 Å². The van der Waals surface area contributed by atoms with Crippen molar-refractivity contribution in [3.05, 3.63) is 0 Å². The summed E-state index contributed by atoms with van der Waals surface area (Å²) in [4.78, 5) is 20.3. The van der Waals surface area contributed by atoms with E-state index in [9.17, 15) is 9.59 Å². The molecule has 0 unspecified atom stereocenters. The van der Waals surface area contributed by atoms with Gasteiger partial charge in [-0.2, -0.15) is 0 Å². The van der Waals surface area contributed by atoms with Gasteiger partial charge < -0.3 is 32.1 Å². The van der Waals surface area contributed by atoms with Gasteiger partial charge in [0.1, 0.15) is 12.1 Å². The lowest BCUT2D eigenvalue weighted by molar-refractivity contribution is -0.139. The Morgan fingerprint density at radius 1 is 1.32 bits per heavy atom. The molecule has 1 saturated heterocycles. The molecule has 1 aliphatic heterocycles. The Balaban J connectivity index is 0.000000356. The van der Waals surface area contributed by atoms with E-state index in [1.807, 2.05) is 0 Å². The molecule has 1 heterocycles. The van der Waals surface area contributed by atoms with Crippen LogP contribution in [0.5, 0.6) is 0 Å². The third-order valence-electron chi connectivity index (χ3n) is 2.76. The lowest BCUT2D eigenvalue weighted by Gasteiger charge is -2.09. The summed E-state index contributed by atoms with van der Waals surface area (Å²) < 4.78 is 0. The SMILES string of the molecule is NC[C@H](O)CC[C@H](N)C(=O)O.O=C(O)[C@@H]1CCCN1. The van der Waals surface area contributed by atoms with E-state index in [0.29, 0.717) is 6.42 Å². The Morgan fingerprint density at radius 2 is 1.95 bits per heavy atom. The van der Waals surface area contributed by atoms with Crippen LogP contribution in [0.3, 0.4) is 0 Å². The molecular formula is C11H23N3O5. The molecule has 0 spiro atoms. The number of carboxylic acids is 2. The van der Waals surface area contributed by atoms with Crippen molar-refractivity contribution in [2.24, 2.45) is 11.5 Å². The monoisotopic (exact) mass is 277 g/mol. The average molecular weight is 277 g/mol. The molecule has 0 aliphatic carbocycles. The summed E-state index contributed by atoms with van der Waals surface area (Å²) in [5, 5.41) is 28.5. The minimum atomic E-state index is -1.05. The van der Waals surface area contributed by atoms with Gasteiger partial charge >= 0.3 is 11.9 Å². The van der Waals surface area contributed by atoms with Crippen LogP contribution in [-0.2, 0) is 9.59 Å². The Morgan fingerprint density at radius 3 is 2.26 bits per heavy atom. The molecule has 1 aliphatic rings. The summed E-state index contributed by atoms with van der Waals surface area (Å²) in [5.41, 5.74) is 10.3. The van der Waals surface area contributed by atoms with Crippen LogP contribution in [0.2, 0.25) is 0 Å². The van der Waals surface area contributed by atoms with Gasteiger partial charge in [0.15, 0.2) is 0 Å². The molecule has 19 heavy (non-hydrogen) atoms. The molecule has 0 aromatic rings. The van der Waals surface area contributed by atoms with Crippen molar-refractivity contribution in [3.63, 3.8) is 0 Å². The van der Waals surface area contributed by atoms with Gasteiger partial charge in [0.05, 0.1) is 6.10 Å². The fourth-order valence-electron chi connectivity index (χ4n) is 1.51. The summed E-state index contributed by atoms with van der Waals surface area (Å²) in [7, 11) is 0. The van der Waals surface area contributed by atoms with Crippen molar-refractivity contribution in [1.82, 2.24) is 5.32 Å². The average Bonchev–Trinajstić information content (AvgIpc) is 2.90. The van der Waals surface area contributed by atoms with Gasteiger partial charge in [-0.25, -0.2) is 0 Å². The fraction of sp³-hybridized carbons (Fsp3) is 0.818. The Hall–Kier alpha value is -1.22. The first-order chi connectivity index (χ1) is 8.88. The van der Waals surface area contributed by atoms with Crippen LogP contribution in [0.1, 0.15) is 25.7 Å². The zero-order chi connectivity index (χ0) is 14.8. The largest absolute Gasteiger partial charge is 0.480 e. The molecule has 0 aromatic heterocycles. The number of carboxylic acid groups (broad SMARTS) is 2. The summed E-state index contributed by atoms with van der Waals surface area (Å²) in [6.07, 6.45) is 1.74. The predicted molar refractivity (Wildman–Crippen MR) is 68.6 cm³/mol. The summed E-state index contributed by atoms with van der Waals surface area (Å²) in [5.74, 6) is -1.77. The third kappa shape index (κ3) is 8.49. The van der Waals surface area contributed by atoms with Crippen molar-refractivity contribution in [3.8, 4) is 0 Å². The van der Waals surface area contributed by atoms with Crippen molar-refractivity contribution < 1.29 is 24.9 Å². The normalized spacial score (nSPS) is 21.1. The standard InChI is InChI=1S/C6H14N2O3.C5H9NO2/c7-3-4(9)1-2-5(8)6(10)11;7-5(8)4-2-1-3-6-4/h4-5,9H,1-3,7-8H2,(H,10,11);4,6H,1-3H2,(H,7,8)/t4-,5+;4-/m10/s1. The Labute approximate surface area is 111 Å². The number of aliphatic hydroxyl groups is 1. The maximum atomic E-state index is 10.2. The third-order valence-corrected chi connectivity index (χ3v) is 2.76. The predicted octanol–water partition coefficient (Wildman–Crippen LogP) is -1.68. The maximum Gasteiger partial charge on any atom is 0.320 e. The number of nitrogens with one attached hydrogen (secondary N) is 1. The summed E-state index contributed by atoms with van der Waals surface area (Å²) in [6.45, 7) is 1.00. The van der Waals surface area contributed by atoms with E-state index in [4.69, 9.17) is 26.8 Å². The number of carbonyl (C=O) groups is 2. The van der Waals surface area contributed by atoms with E-state index in [1.54, 1.807) is 0 Å². The molecule has 1 rings (SSSR count). The molecule has 0 saturated carbocycles. The topological polar surface area (TPSA) is 159 Å². The first kappa shape index (κ1) is 17.8. The lowest BCUT2D eigenvalue weighted by atomic mass is 10.1. The van der Waals surface area contributed by atoms with Gasteiger partial charge in [0.2, 0.25) is 0 Å². The van der Waals surface area contributed by atoms with Crippen LogP contribution < -0.4 is 16.8 Å². The van der Waals surface area contributed by atoms with Gasteiger partial charge in [-0.15, -0.1) is 0 Å². The number of aliphatic carboxylic acids is 2. The molecule has 0 amide bonds. The van der Waals surface area contributed by atoms with Gasteiger partial charge in [0, 0.05) is 6.54 Å². The van der Waals surface area contributed by atoms with Gasteiger partial charge in [-0.05, 0) is 32.2 Å². The first-order valence-electron chi connectivity index (χ1n) is 6.21. The molecule has 0 radical (unpaired) electrons. The van der Waals surface area contributed by atoms with E-state index in [-0.39, 0.29) is 19.0 Å².